The van der Waals surface area contributed by atoms with Gasteiger partial charge in [-0.3, -0.25) is 4.79 Å². The van der Waals surface area contributed by atoms with Crippen molar-refractivity contribution < 1.29 is 14.9 Å². The zero-order valence-electron chi connectivity index (χ0n) is 13.8. The van der Waals surface area contributed by atoms with Crippen LogP contribution >= 0.6 is 0 Å². The summed E-state index contributed by atoms with van der Waals surface area (Å²) < 4.78 is 0. The molecule has 1 saturated heterocycles. The van der Waals surface area contributed by atoms with Gasteiger partial charge in [-0.1, -0.05) is 19.7 Å². The van der Waals surface area contributed by atoms with E-state index in [0.29, 0.717) is 12.3 Å². The summed E-state index contributed by atoms with van der Waals surface area (Å²) in [7, 11) is 0. The number of carboxylic acid groups (broad SMARTS) is 1. The Labute approximate surface area is 134 Å². The van der Waals surface area contributed by atoms with E-state index in [1.807, 2.05) is 0 Å². The molecule has 4 N–H and O–H groups in total. The maximum absolute atomic E-state index is 11.8. The third-order valence-electron chi connectivity index (χ3n) is 5.60. The van der Waals surface area contributed by atoms with E-state index in [0.717, 1.165) is 45.2 Å². The van der Waals surface area contributed by atoms with Crippen LogP contribution in [0.1, 0.15) is 44.9 Å². The molecule has 3 unspecified atom stereocenters. The van der Waals surface area contributed by atoms with Crippen molar-refractivity contribution >= 4 is 12.9 Å². The van der Waals surface area contributed by atoms with Crippen molar-refractivity contribution in [2.75, 3.05) is 19.6 Å². The number of piperidine rings is 1. The van der Waals surface area contributed by atoms with Crippen molar-refractivity contribution in [1.82, 2.24) is 4.90 Å². The fourth-order valence-electron chi connectivity index (χ4n) is 4.13. The largest absolute Gasteiger partial charge is 0.480 e. The summed E-state index contributed by atoms with van der Waals surface area (Å²) in [6.45, 7) is 4.46. The molecule has 0 bridgehead atoms. The van der Waals surface area contributed by atoms with Gasteiger partial charge in [-0.2, -0.15) is 0 Å². The van der Waals surface area contributed by atoms with Crippen LogP contribution in [-0.4, -0.2) is 53.1 Å². The molecule has 1 aliphatic carbocycles. The lowest BCUT2D eigenvalue weighted by atomic mass is 9.62. The van der Waals surface area contributed by atoms with E-state index in [9.17, 15) is 14.9 Å². The highest BCUT2D eigenvalue weighted by Gasteiger charge is 2.47. The lowest BCUT2D eigenvalue weighted by Gasteiger charge is -2.44. The van der Waals surface area contributed by atoms with Crippen molar-refractivity contribution in [2.24, 2.45) is 17.6 Å². The predicted molar refractivity (Wildman–Crippen MR) is 88.9 cm³/mol. The smallest absolute Gasteiger partial charge is 0.324 e. The van der Waals surface area contributed by atoms with Gasteiger partial charge in [0.15, 0.2) is 0 Å². The predicted octanol–water partition coefficient (Wildman–Crippen LogP) is 1.67. The normalized spacial score (nSPS) is 33.6. The molecule has 22 heavy (non-hydrogen) atoms. The highest BCUT2D eigenvalue weighted by molar-refractivity contribution is 6.48. The molecule has 0 aromatic carbocycles. The first kappa shape index (κ1) is 17.8. The zero-order chi connectivity index (χ0) is 16.2. The number of nitrogens with zero attached hydrogens (tertiary/aromatic N) is 1. The number of nitrogens with two attached hydrogens (primary N) is 1. The van der Waals surface area contributed by atoms with Crippen molar-refractivity contribution in [3.8, 4) is 0 Å². The van der Waals surface area contributed by atoms with Crippen LogP contribution in [0, 0.1) is 11.8 Å². The van der Waals surface area contributed by atoms with Gasteiger partial charge < -0.3 is 20.8 Å². The Morgan fingerprint density at radius 3 is 2.59 bits per heavy atom. The molecular weight excluding hydrogens is 279 g/mol. The molecule has 2 fully saturated rings. The summed E-state index contributed by atoms with van der Waals surface area (Å²) in [5.41, 5.74) is 5.27. The average molecular weight is 310 g/mol. The summed E-state index contributed by atoms with van der Waals surface area (Å²) in [6.07, 6.45) is 7.81. The number of carboxylic acids is 1. The summed E-state index contributed by atoms with van der Waals surface area (Å²) in [4.78, 5) is 14.2. The second-order valence-electron chi connectivity index (χ2n) is 7.48. The summed E-state index contributed by atoms with van der Waals surface area (Å²) >= 11 is 0. The van der Waals surface area contributed by atoms with Gasteiger partial charge in [0, 0.05) is 12.5 Å². The van der Waals surface area contributed by atoms with Crippen LogP contribution in [0.25, 0.3) is 0 Å². The Bertz CT molecular complexity index is 374. The number of hydrogen-bond donors (Lipinski definition) is 3. The van der Waals surface area contributed by atoms with Crippen LogP contribution in [0.15, 0.2) is 0 Å². The summed E-state index contributed by atoms with van der Waals surface area (Å²) in [5.74, 6) is -0.476. The van der Waals surface area contributed by atoms with Crippen molar-refractivity contribution in [2.45, 2.75) is 63.6 Å². The molecule has 1 saturated carbocycles. The van der Waals surface area contributed by atoms with E-state index in [1.165, 1.54) is 19.3 Å². The van der Waals surface area contributed by atoms with Gasteiger partial charge >= 0.3 is 5.97 Å². The molecule has 5 nitrogen and oxygen atoms in total. The highest BCUT2D eigenvalue weighted by atomic mass is 16.4. The van der Waals surface area contributed by atoms with Gasteiger partial charge in [0.05, 0.1) is 0 Å². The fourth-order valence-corrected chi connectivity index (χ4v) is 4.13. The Morgan fingerprint density at radius 1 is 1.32 bits per heavy atom. The van der Waals surface area contributed by atoms with Gasteiger partial charge in [0.25, 0.3) is 6.92 Å². The maximum Gasteiger partial charge on any atom is 0.324 e. The van der Waals surface area contributed by atoms with Gasteiger partial charge in [0.1, 0.15) is 5.54 Å². The molecule has 0 aromatic heterocycles. The summed E-state index contributed by atoms with van der Waals surface area (Å²) in [5, 5.41) is 19.1. The van der Waals surface area contributed by atoms with E-state index in [2.05, 4.69) is 4.90 Å². The minimum Gasteiger partial charge on any atom is -0.480 e. The number of aliphatic carboxylic acids is 1. The van der Waals surface area contributed by atoms with Crippen LogP contribution in [-0.2, 0) is 4.79 Å². The van der Waals surface area contributed by atoms with Crippen LogP contribution in [0.5, 0.6) is 0 Å². The Hall–Kier alpha value is -0.585. The molecule has 126 valence electrons. The van der Waals surface area contributed by atoms with Crippen LogP contribution in [0.3, 0.4) is 0 Å². The van der Waals surface area contributed by atoms with Crippen molar-refractivity contribution in [3.05, 3.63) is 0 Å². The maximum atomic E-state index is 11.8. The molecule has 6 heteroatoms. The molecule has 2 rings (SSSR count). The van der Waals surface area contributed by atoms with E-state index in [4.69, 9.17) is 5.73 Å². The number of rotatable bonds is 6. The summed E-state index contributed by atoms with van der Waals surface area (Å²) in [6, 6.07) is 0. The zero-order valence-corrected chi connectivity index (χ0v) is 13.8. The van der Waals surface area contributed by atoms with E-state index >= 15 is 0 Å². The Kier molecular flexibility index (Phi) is 6.30. The average Bonchev–Trinajstić information content (AvgIpc) is 2.48. The minimum absolute atomic E-state index is 0.0471. The SMILES string of the molecule is CB(O)CCC1CCC(CN2CCCCC2)C(N)(C(=O)O)C1. The fraction of sp³-hybridized carbons (Fsp3) is 0.938. The standard InChI is InChI=1S/C16H31BN2O3/c1-17(22)8-7-13-5-6-14(16(18,11-13)15(20)21)12-19-9-3-2-4-10-19/h13-14,22H,2-12,18H2,1H3,(H,20,21). The van der Waals surface area contributed by atoms with Crippen LogP contribution in [0.2, 0.25) is 13.1 Å². The second kappa shape index (κ2) is 7.80. The molecule has 0 amide bonds. The number of likely N-dealkylation sites (tertiary alicyclic amines) is 1. The van der Waals surface area contributed by atoms with E-state index < -0.39 is 11.5 Å². The molecule has 1 aliphatic heterocycles. The quantitative estimate of drug-likeness (QED) is 0.650. The van der Waals surface area contributed by atoms with Crippen molar-refractivity contribution in [1.29, 1.82) is 0 Å². The van der Waals surface area contributed by atoms with E-state index in [1.54, 1.807) is 6.82 Å². The lowest BCUT2D eigenvalue weighted by molar-refractivity contribution is -0.148. The van der Waals surface area contributed by atoms with Gasteiger partial charge in [-0.05, 0) is 57.4 Å². The lowest BCUT2D eigenvalue weighted by Crippen LogP contribution is -2.60. The van der Waals surface area contributed by atoms with Gasteiger partial charge in [-0.25, -0.2) is 0 Å². The molecule has 0 radical (unpaired) electrons. The van der Waals surface area contributed by atoms with Crippen molar-refractivity contribution in [3.63, 3.8) is 0 Å². The minimum atomic E-state index is -1.10. The third kappa shape index (κ3) is 4.46. The van der Waals surface area contributed by atoms with Crippen LogP contribution in [0.4, 0.5) is 0 Å². The number of hydrogen-bond acceptors (Lipinski definition) is 4. The monoisotopic (exact) mass is 310 g/mol. The topological polar surface area (TPSA) is 86.8 Å². The molecule has 1 heterocycles. The van der Waals surface area contributed by atoms with Crippen LogP contribution < -0.4 is 5.73 Å². The first-order valence-corrected chi connectivity index (χ1v) is 8.84. The van der Waals surface area contributed by atoms with Gasteiger partial charge in [-0.15, -0.1) is 0 Å². The second-order valence-corrected chi connectivity index (χ2v) is 7.48. The molecule has 0 spiro atoms. The van der Waals surface area contributed by atoms with Gasteiger partial charge in [0.2, 0.25) is 0 Å². The third-order valence-corrected chi connectivity index (χ3v) is 5.60. The first-order chi connectivity index (χ1) is 10.4. The molecule has 3 atom stereocenters. The Balaban J connectivity index is 1.96. The van der Waals surface area contributed by atoms with E-state index in [-0.39, 0.29) is 12.8 Å². The molecular formula is C16H31BN2O3. The molecule has 2 aliphatic rings. The first-order valence-electron chi connectivity index (χ1n) is 8.84. The Morgan fingerprint density at radius 2 is 2.00 bits per heavy atom. The molecule has 0 aromatic rings. The highest BCUT2D eigenvalue weighted by Crippen LogP contribution is 2.39. The number of carbonyl (C=O) groups is 1.